The summed E-state index contributed by atoms with van der Waals surface area (Å²) < 4.78 is 0. The van der Waals surface area contributed by atoms with Crippen LogP contribution in [0.3, 0.4) is 0 Å². The quantitative estimate of drug-likeness (QED) is 0.679. The number of rotatable bonds is 5. The summed E-state index contributed by atoms with van der Waals surface area (Å²) in [7, 11) is 4.29. The fourth-order valence-corrected chi connectivity index (χ4v) is 1.60. The zero-order valence-corrected chi connectivity index (χ0v) is 10.7. The molecule has 0 aromatic carbocycles. The molecule has 0 saturated carbocycles. The lowest BCUT2D eigenvalue weighted by Gasteiger charge is -2.33. The minimum Gasteiger partial charge on any atom is -0.294 e. The smallest absolute Gasteiger partial charge is 0.0614 e. The van der Waals surface area contributed by atoms with Crippen LogP contribution in [0.4, 0.5) is 0 Å². The molecule has 3 heteroatoms. The van der Waals surface area contributed by atoms with Crippen molar-refractivity contribution in [2.45, 2.75) is 33.4 Å². The summed E-state index contributed by atoms with van der Waals surface area (Å²) in [6, 6.07) is 0. The number of hydrogen-bond donors (Lipinski definition) is 0. The molecule has 0 radical (unpaired) electrons. The fraction of sp³-hybridized carbons (Fsp3) is 1.00. The van der Waals surface area contributed by atoms with Gasteiger partial charge in [-0.1, -0.05) is 20.8 Å². The van der Waals surface area contributed by atoms with Crippen LogP contribution in [0.5, 0.6) is 0 Å². The first-order valence-corrected chi connectivity index (χ1v) is 4.57. The summed E-state index contributed by atoms with van der Waals surface area (Å²) in [5, 5.41) is 0. The summed E-state index contributed by atoms with van der Waals surface area (Å²) in [4.78, 5) is 4.76. The first-order valence-electron chi connectivity index (χ1n) is 4.57. The molecule has 76 valence electrons. The largest absolute Gasteiger partial charge is 0.294 e. The normalized spacial score (nSPS) is 13.2. The van der Waals surface area contributed by atoms with Crippen molar-refractivity contribution >= 4 is 17.0 Å². The Bertz CT molecular complexity index is 92.5. The van der Waals surface area contributed by atoms with E-state index in [9.17, 15) is 0 Å². The highest BCUT2D eigenvalue weighted by Gasteiger charge is 2.14. The molecule has 0 fully saturated rings. The monoisotopic (exact) mass is 238 g/mol. The summed E-state index contributed by atoms with van der Waals surface area (Å²) >= 11 is 0. The van der Waals surface area contributed by atoms with Crippen molar-refractivity contribution in [3.05, 3.63) is 0 Å². The van der Waals surface area contributed by atoms with Crippen LogP contribution in [0, 0.1) is 0 Å². The minimum absolute atomic E-state index is 0. The van der Waals surface area contributed by atoms with Crippen molar-refractivity contribution in [2.24, 2.45) is 0 Å². The minimum atomic E-state index is 0. The second-order valence-corrected chi connectivity index (χ2v) is 3.07. The van der Waals surface area contributed by atoms with Gasteiger partial charge in [-0.2, -0.15) is 0 Å². The summed E-state index contributed by atoms with van der Waals surface area (Å²) in [6.45, 7) is 8.97. The Morgan fingerprint density at radius 3 is 1.50 bits per heavy atom. The van der Waals surface area contributed by atoms with E-state index in [-0.39, 0.29) is 17.0 Å². The van der Waals surface area contributed by atoms with Gasteiger partial charge in [-0.3, -0.25) is 9.80 Å². The maximum Gasteiger partial charge on any atom is 0.0614 e. The molecule has 0 spiro atoms. The molecule has 1 atom stereocenters. The Labute approximate surface area is 87.7 Å². The van der Waals surface area contributed by atoms with Gasteiger partial charge in [0, 0.05) is 0 Å². The molecule has 0 bridgehead atoms. The van der Waals surface area contributed by atoms with E-state index in [0.717, 1.165) is 13.1 Å². The van der Waals surface area contributed by atoms with Gasteiger partial charge >= 0.3 is 0 Å². The Kier molecular flexibility index (Phi) is 9.96. The Morgan fingerprint density at radius 2 is 1.42 bits per heavy atom. The van der Waals surface area contributed by atoms with E-state index in [1.165, 1.54) is 6.42 Å². The molecule has 0 aliphatic heterocycles. The van der Waals surface area contributed by atoms with Crippen molar-refractivity contribution in [3.63, 3.8) is 0 Å². The molecule has 0 saturated heterocycles. The van der Waals surface area contributed by atoms with Crippen molar-refractivity contribution in [2.75, 3.05) is 27.2 Å². The topological polar surface area (TPSA) is 6.48 Å². The second-order valence-electron chi connectivity index (χ2n) is 3.07. The number of halogens is 1. The van der Waals surface area contributed by atoms with Gasteiger partial charge in [0.25, 0.3) is 0 Å². The van der Waals surface area contributed by atoms with Crippen LogP contribution >= 0.6 is 17.0 Å². The molecular weight excluding hydrogens is 216 g/mol. The molecular formula is C9H23BrN2. The third kappa shape index (κ3) is 4.43. The zero-order valence-electron chi connectivity index (χ0n) is 9.00. The molecule has 0 N–H and O–H groups in total. The first-order chi connectivity index (χ1) is 5.17. The number of nitrogens with zero attached hydrogens (tertiary/aromatic N) is 2. The molecule has 0 heterocycles. The van der Waals surface area contributed by atoms with Crippen molar-refractivity contribution in [1.82, 2.24) is 9.80 Å². The highest BCUT2D eigenvalue weighted by molar-refractivity contribution is 8.93. The standard InChI is InChI=1S/C9H22N2.BrH/c1-6-9(10(4)5)11(7-2)8-3;/h9H,6-8H2,1-5H3;1H. The average molecular weight is 239 g/mol. The molecule has 2 nitrogen and oxygen atoms in total. The summed E-state index contributed by atoms with van der Waals surface area (Å²) in [6.07, 6.45) is 1.82. The van der Waals surface area contributed by atoms with Crippen LogP contribution in [0.15, 0.2) is 0 Å². The van der Waals surface area contributed by atoms with E-state index >= 15 is 0 Å². The van der Waals surface area contributed by atoms with Crippen LogP contribution < -0.4 is 0 Å². The Morgan fingerprint density at radius 1 is 1.00 bits per heavy atom. The van der Waals surface area contributed by atoms with Gasteiger partial charge in [0.1, 0.15) is 0 Å². The van der Waals surface area contributed by atoms with Gasteiger partial charge in [-0.15, -0.1) is 17.0 Å². The maximum absolute atomic E-state index is 2.47. The van der Waals surface area contributed by atoms with E-state index in [2.05, 4.69) is 44.7 Å². The molecule has 0 amide bonds. The van der Waals surface area contributed by atoms with Gasteiger partial charge in [0.2, 0.25) is 0 Å². The molecule has 0 aliphatic rings. The van der Waals surface area contributed by atoms with Crippen molar-refractivity contribution in [1.29, 1.82) is 0 Å². The van der Waals surface area contributed by atoms with E-state index < -0.39 is 0 Å². The molecule has 1 unspecified atom stereocenters. The third-order valence-electron chi connectivity index (χ3n) is 2.20. The Balaban J connectivity index is 0. The lowest BCUT2D eigenvalue weighted by molar-refractivity contribution is 0.0857. The van der Waals surface area contributed by atoms with Gasteiger partial charge in [-0.25, -0.2) is 0 Å². The van der Waals surface area contributed by atoms with Gasteiger partial charge < -0.3 is 0 Å². The Hall–Kier alpha value is 0.400. The molecule has 0 aromatic heterocycles. The molecule has 0 rings (SSSR count). The predicted octanol–water partition coefficient (Wildman–Crippen LogP) is 2.20. The van der Waals surface area contributed by atoms with Crippen LogP contribution in [-0.4, -0.2) is 43.2 Å². The SMILES string of the molecule is Br.CCC(N(C)C)N(CC)CC. The van der Waals surface area contributed by atoms with E-state index in [1.807, 2.05) is 0 Å². The average Bonchev–Trinajstić information content (AvgIpc) is 1.99. The summed E-state index contributed by atoms with van der Waals surface area (Å²) in [5.41, 5.74) is 0. The fourth-order valence-electron chi connectivity index (χ4n) is 1.60. The molecule has 0 aromatic rings. The van der Waals surface area contributed by atoms with E-state index in [0.29, 0.717) is 6.17 Å². The number of hydrogen-bond acceptors (Lipinski definition) is 2. The van der Waals surface area contributed by atoms with E-state index in [4.69, 9.17) is 0 Å². The van der Waals surface area contributed by atoms with Crippen LogP contribution in [0.1, 0.15) is 27.2 Å². The lowest BCUT2D eigenvalue weighted by atomic mass is 10.3. The summed E-state index contributed by atoms with van der Waals surface area (Å²) in [5.74, 6) is 0. The molecule has 12 heavy (non-hydrogen) atoms. The van der Waals surface area contributed by atoms with Crippen molar-refractivity contribution in [3.8, 4) is 0 Å². The van der Waals surface area contributed by atoms with Gasteiger partial charge in [0.15, 0.2) is 0 Å². The highest BCUT2D eigenvalue weighted by atomic mass is 79.9. The van der Waals surface area contributed by atoms with Crippen LogP contribution in [0.25, 0.3) is 0 Å². The van der Waals surface area contributed by atoms with Crippen molar-refractivity contribution < 1.29 is 0 Å². The molecule has 0 aliphatic carbocycles. The van der Waals surface area contributed by atoms with Crippen LogP contribution in [-0.2, 0) is 0 Å². The van der Waals surface area contributed by atoms with E-state index in [1.54, 1.807) is 0 Å². The second kappa shape index (κ2) is 8.02. The zero-order chi connectivity index (χ0) is 8.85. The highest BCUT2D eigenvalue weighted by Crippen LogP contribution is 2.05. The third-order valence-corrected chi connectivity index (χ3v) is 2.20. The van der Waals surface area contributed by atoms with Gasteiger partial charge in [0.05, 0.1) is 6.17 Å². The van der Waals surface area contributed by atoms with Gasteiger partial charge in [-0.05, 0) is 33.6 Å². The first kappa shape index (κ1) is 14.9. The predicted molar refractivity (Wildman–Crippen MR) is 61.0 cm³/mol. The van der Waals surface area contributed by atoms with Crippen LogP contribution in [0.2, 0.25) is 0 Å². The maximum atomic E-state index is 2.47. The lowest BCUT2D eigenvalue weighted by Crippen LogP contribution is -2.44.